The molecule has 0 saturated heterocycles. The first-order valence-electron chi connectivity index (χ1n) is 13.1. The molecule has 4 aliphatic carbocycles. The fourth-order valence-electron chi connectivity index (χ4n) is 9.35. The zero-order valence-electron chi connectivity index (χ0n) is 19.9. The van der Waals surface area contributed by atoms with E-state index in [2.05, 4.69) is 34.6 Å². The van der Waals surface area contributed by atoms with Crippen LogP contribution in [0.25, 0.3) is 0 Å². The molecular weight excluding hydrogens is 356 g/mol. The molecule has 0 radical (unpaired) electrons. The van der Waals surface area contributed by atoms with Gasteiger partial charge in [0, 0.05) is 5.41 Å². The minimum atomic E-state index is -0.509. The third-order valence-electron chi connectivity index (χ3n) is 11.0. The number of hydrogen-bond acceptors (Lipinski definition) is 2. The van der Waals surface area contributed by atoms with Gasteiger partial charge < -0.3 is 10.2 Å². The van der Waals surface area contributed by atoms with Gasteiger partial charge in [0.05, 0.1) is 12.2 Å². The highest BCUT2D eigenvalue weighted by Crippen LogP contribution is 2.68. The largest absolute Gasteiger partial charge is 0.390 e. The maximum atomic E-state index is 11.1. The van der Waals surface area contributed by atoms with Crippen molar-refractivity contribution in [1.82, 2.24) is 0 Å². The Morgan fingerprint density at radius 2 is 1.55 bits per heavy atom. The van der Waals surface area contributed by atoms with Crippen molar-refractivity contribution in [1.29, 1.82) is 0 Å². The molecule has 0 heterocycles. The Morgan fingerprint density at radius 3 is 2.28 bits per heavy atom. The minimum absolute atomic E-state index is 0.0527. The van der Waals surface area contributed by atoms with E-state index in [0.29, 0.717) is 17.3 Å². The molecule has 4 fully saturated rings. The van der Waals surface area contributed by atoms with Gasteiger partial charge in [0.1, 0.15) is 0 Å². The summed E-state index contributed by atoms with van der Waals surface area (Å²) in [5.41, 5.74) is 0.461. The van der Waals surface area contributed by atoms with Crippen LogP contribution in [0.1, 0.15) is 105 Å². The Kier molecular flexibility index (Phi) is 6.19. The molecule has 0 aliphatic heterocycles. The molecule has 0 aromatic rings. The first-order chi connectivity index (χ1) is 13.7. The smallest absolute Gasteiger partial charge is 0.0857 e. The average Bonchev–Trinajstić information content (AvgIpc) is 3.02. The van der Waals surface area contributed by atoms with Gasteiger partial charge in [-0.25, -0.2) is 0 Å². The molecule has 0 unspecified atom stereocenters. The van der Waals surface area contributed by atoms with Gasteiger partial charge in [0.15, 0.2) is 0 Å². The molecule has 0 aromatic carbocycles. The lowest BCUT2D eigenvalue weighted by Crippen LogP contribution is -2.60. The molecule has 0 spiro atoms. The fourth-order valence-corrected chi connectivity index (χ4v) is 9.35. The van der Waals surface area contributed by atoms with E-state index in [1.807, 2.05) is 0 Å². The fraction of sp³-hybridized carbons (Fsp3) is 1.00. The third-order valence-corrected chi connectivity index (χ3v) is 11.0. The van der Waals surface area contributed by atoms with Gasteiger partial charge in [-0.3, -0.25) is 0 Å². The van der Waals surface area contributed by atoms with Gasteiger partial charge in [0.25, 0.3) is 0 Å². The second-order valence-corrected chi connectivity index (χ2v) is 12.6. The van der Waals surface area contributed by atoms with E-state index in [-0.39, 0.29) is 5.41 Å². The maximum Gasteiger partial charge on any atom is 0.0857 e. The van der Waals surface area contributed by atoms with Crippen molar-refractivity contribution in [2.45, 2.75) is 117 Å². The second-order valence-electron chi connectivity index (χ2n) is 12.6. The molecule has 168 valence electrons. The quantitative estimate of drug-likeness (QED) is 0.553. The summed E-state index contributed by atoms with van der Waals surface area (Å²) in [7, 11) is 0. The maximum absolute atomic E-state index is 11.1. The van der Waals surface area contributed by atoms with Crippen LogP contribution in [0.4, 0.5) is 0 Å². The van der Waals surface area contributed by atoms with Crippen LogP contribution in [0.5, 0.6) is 0 Å². The molecule has 4 rings (SSSR count). The molecule has 0 amide bonds. The molecule has 4 saturated carbocycles. The third kappa shape index (κ3) is 3.53. The summed E-state index contributed by atoms with van der Waals surface area (Å²) in [6, 6.07) is 0. The SMILES string of the molecule is CC(C)CCC[C@@H](C)[C@@H]1CC[C@@H]2[C@@H]3CC[C@H]4CC[C@H](O)[C@H](O)[C@]4(C)[C@@H]3CC[C@@]21C. The van der Waals surface area contributed by atoms with E-state index < -0.39 is 12.2 Å². The number of rotatable bonds is 5. The lowest BCUT2D eigenvalue weighted by molar-refractivity contribution is -0.196. The van der Waals surface area contributed by atoms with E-state index in [1.54, 1.807) is 0 Å². The Balaban J connectivity index is 1.50. The standard InChI is InChI=1S/C27H48O2/c1-17(2)7-6-8-18(3)21-12-13-22-20-11-9-19-10-14-24(28)25(29)27(19,5)23(20)15-16-26(21,22)4/h17-25,28-29H,6-16H2,1-5H3/t18-,19+,20+,21+,22-,23-,24+,25+,26-,27+/m1/s1. The molecule has 2 nitrogen and oxygen atoms in total. The van der Waals surface area contributed by atoms with Crippen LogP contribution < -0.4 is 0 Å². The first-order valence-corrected chi connectivity index (χ1v) is 13.1. The highest BCUT2D eigenvalue weighted by Gasteiger charge is 2.62. The summed E-state index contributed by atoms with van der Waals surface area (Å²) in [5.74, 6) is 5.46. The predicted octanol–water partition coefficient (Wildman–Crippen LogP) is 6.44. The summed E-state index contributed by atoms with van der Waals surface area (Å²) >= 11 is 0. The van der Waals surface area contributed by atoms with E-state index in [4.69, 9.17) is 0 Å². The van der Waals surface area contributed by atoms with Crippen molar-refractivity contribution in [3.63, 3.8) is 0 Å². The van der Waals surface area contributed by atoms with Crippen molar-refractivity contribution in [3.8, 4) is 0 Å². The van der Waals surface area contributed by atoms with Gasteiger partial charge in [-0.15, -0.1) is 0 Å². The topological polar surface area (TPSA) is 40.5 Å². The highest BCUT2D eigenvalue weighted by molar-refractivity contribution is 5.12. The van der Waals surface area contributed by atoms with E-state index in [1.165, 1.54) is 57.8 Å². The number of hydrogen-bond donors (Lipinski definition) is 2. The average molecular weight is 405 g/mol. The Bertz CT molecular complexity index is 569. The lowest BCUT2D eigenvalue weighted by Gasteiger charge is -2.62. The van der Waals surface area contributed by atoms with Crippen molar-refractivity contribution >= 4 is 0 Å². The van der Waals surface area contributed by atoms with Gasteiger partial charge in [0.2, 0.25) is 0 Å². The van der Waals surface area contributed by atoms with E-state index >= 15 is 0 Å². The van der Waals surface area contributed by atoms with Crippen LogP contribution in [0.3, 0.4) is 0 Å². The van der Waals surface area contributed by atoms with Crippen molar-refractivity contribution in [3.05, 3.63) is 0 Å². The van der Waals surface area contributed by atoms with Crippen LogP contribution in [0, 0.1) is 52.3 Å². The second kappa shape index (κ2) is 8.12. The first kappa shape index (κ1) is 22.1. The molecular formula is C27H48O2. The Labute approximate surface area is 180 Å². The van der Waals surface area contributed by atoms with Gasteiger partial charge in [-0.1, -0.05) is 53.9 Å². The Hall–Kier alpha value is -0.0800. The molecule has 4 aliphatic rings. The highest BCUT2D eigenvalue weighted by atomic mass is 16.3. The number of aliphatic hydroxyl groups is 2. The molecule has 29 heavy (non-hydrogen) atoms. The van der Waals surface area contributed by atoms with E-state index in [0.717, 1.165) is 42.4 Å². The van der Waals surface area contributed by atoms with Crippen LogP contribution in [0.2, 0.25) is 0 Å². The van der Waals surface area contributed by atoms with Gasteiger partial charge >= 0.3 is 0 Å². The zero-order valence-corrected chi connectivity index (χ0v) is 19.9. The molecule has 10 atom stereocenters. The monoisotopic (exact) mass is 404 g/mol. The normalized spacial score (nSPS) is 50.7. The Morgan fingerprint density at radius 1 is 0.828 bits per heavy atom. The summed E-state index contributed by atoms with van der Waals surface area (Å²) in [5, 5.41) is 21.6. The van der Waals surface area contributed by atoms with Crippen LogP contribution in [-0.2, 0) is 0 Å². The number of aliphatic hydroxyl groups excluding tert-OH is 2. The van der Waals surface area contributed by atoms with Crippen LogP contribution in [0.15, 0.2) is 0 Å². The van der Waals surface area contributed by atoms with Crippen LogP contribution in [-0.4, -0.2) is 22.4 Å². The summed E-state index contributed by atoms with van der Waals surface area (Å²) in [6.45, 7) is 12.2. The number of fused-ring (bicyclic) bond motifs is 5. The molecule has 2 heteroatoms. The summed E-state index contributed by atoms with van der Waals surface area (Å²) in [6.07, 6.45) is 13.2. The molecule has 0 bridgehead atoms. The zero-order chi connectivity index (χ0) is 21.0. The minimum Gasteiger partial charge on any atom is -0.390 e. The summed E-state index contributed by atoms with van der Waals surface area (Å²) < 4.78 is 0. The van der Waals surface area contributed by atoms with E-state index in [9.17, 15) is 10.2 Å². The van der Waals surface area contributed by atoms with Crippen LogP contribution >= 0.6 is 0 Å². The van der Waals surface area contributed by atoms with Gasteiger partial charge in [-0.05, 0) is 98.2 Å². The molecule has 2 N–H and O–H groups in total. The summed E-state index contributed by atoms with van der Waals surface area (Å²) in [4.78, 5) is 0. The molecule has 0 aromatic heterocycles. The van der Waals surface area contributed by atoms with Crippen molar-refractivity contribution < 1.29 is 10.2 Å². The predicted molar refractivity (Wildman–Crippen MR) is 120 cm³/mol. The lowest BCUT2D eigenvalue weighted by atomic mass is 9.43. The van der Waals surface area contributed by atoms with Gasteiger partial charge in [-0.2, -0.15) is 0 Å². The van der Waals surface area contributed by atoms with Crippen molar-refractivity contribution in [2.75, 3.05) is 0 Å². The van der Waals surface area contributed by atoms with Crippen molar-refractivity contribution in [2.24, 2.45) is 52.3 Å².